The molecule has 166 valence electrons. The Hall–Kier alpha value is -3.16. The fourth-order valence-electron chi connectivity index (χ4n) is 3.23. The van der Waals surface area contributed by atoms with Crippen molar-refractivity contribution in [3.05, 3.63) is 92.1 Å². The topological polar surface area (TPSA) is 87.3 Å². The lowest BCUT2D eigenvalue weighted by Crippen LogP contribution is -2.43. The highest BCUT2D eigenvalue weighted by molar-refractivity contribution is 7.14. The molecule has 0 bridgehead atoms. The van der Waals surface area contributed by atoms with E-state index >= 15 is 0 Å². The van der Waals surface area contributed by atoms with Crippen LogP contribution in [-0.2, 0) is 11.2 Å². The molecule has 0 radical (unpaired) electrons. The molecule has 0 spiro atoms. The van der Waals surface area contributed by atoms with Crippen LogP contribution in [-0.4, -0.2) is 17.7 Å². The quantitative estimate of drug-likeness (QED) is 0.442. The molecule has 3 N–H and O–H groups in total. The summed E-state index contributed by atoms with van der Waals surface area (Å²) in [5, 5.41) is 3.19. The number of hydrazine groups is 1. The molecule has 0 aliphatic rings. The van der Waals surface area contributed by atoms with Gasteiger partial charge in [-0.05, 0) is 42.7 Å². The van der Waals surface area contributed by atoms with Crippen LogP contribution in [0.3, 0.4) is 0 Å². The van der Waals surface area contributed by atoms with Gasteiger partial charge < -0.3 is 5.32 Å². The van der Waals surface area contributed by atoms with Crippen molar-refractivity contribution in [1.82, 2.24) is 16.2 Å². The number of carbonyl (C=O) groups is 3. The molecule has 1 heterocycles. The molecule has 8 heteroatoms. The SMILES string of the molecule is CCc1sc(C(=O)NNC(=O)CC(NC(=O)c2ccccc2Cl)c2ccccc2)cc1C. The van der Waals surface area contributed by atoms with E-state index in [1.807, 2.05) is 50.2 Å². The second kappa shape index (κ2) is 10.9. The van der Waals surface area contributed by atoms with Crippen molar-refractivity contribution in [3.63, 3.8) is 0 Å². The summed E-state index contributed by atoms with van der Waals surface area (Å²) in [4.78, 5) is 39.4. The summed E-state index contributed by atoms with van der Waals surface area (Å²) in [5.41, 5.74) is 7.03. The second-order valence-corrected chi connectivity index (χ2v) is 8.74. The molecule has 32 heavy (non-hydrogen) atoms. The van der Waals surface area contributed by atoms with Gasteiger partial charge in [-0.3, -0.25) is 25.2 Å². The van der Waals surface area contributed by atoms with E-state index in [2.05, 4.69) is 16.2 Å². The van der Waals surface area contributed by atoms with Crippen molar-refractivity contribution in [3.8, 4) is 0 Å². The highest BCUT2D eigenvalue weighted by atomic mass is 35.5. The van der Waals surface area contributed by atoms with Crippen molar-refractivity contribution in [2.24, 2.45) is 0 Å². The minimum atomic E-state index is -0.604. The molecule has 3 aromatic rings. The molecule has 6 nitrogen and oxygen atoms in total. The van der Waals surface area contributed by atoms with Crippen LogP contribution in [0.2, 0.25) is 5.02 Å². The van der Waals surface area contributed by atoms with E-state index < -0.39 is 11.9 Å². The fraction of sp³-hybridized carbons (Fsp3) is 0.208. The van der Waals surface area contributed by atoms with Crippen LogP contribution in [0.5, 0.6) is 0 Å². The summed E-state index contributed by atoms with van der Waals surface area (Å²) in [5.74, 6) is -1.19. The number of nitrogens with one attached hydrogen (secondary N) is 3. The minimum absolute atomic E-state index is 0.0653. The van der Waals surface area contributed by atoms with Gasteiger partial charge in [0.1, 0.15) is 0 Å². The van der Waals surface area contributed by atoms with Crippen LogP contribution < -0.4 is 16.2 Å². The lowest BCUT2D eigenvalue weighted by Gasteiger charge is -2.19. The van der Waals surface area contributed by atoms with Crippen LogP contribution in [0.1, 0.15) is 55.4 Å². The number of hydrogen-bond acceptors (Lipinski definition) is 4. The van der Waals surface area contributed by atoms with Gasteiger partial charge in [0.2, 0.25) is 5.91 Å². The van der Waals surface area contributed by atoms with Gasteiger partial charge in [-0.15, -0.1) is 11.3 Å². The number of halogens is 1. The highest BCUT2D eigenvalue weighted by Gasteiger charge is 2.21. The molecule has 0 aliphatic heterocycles. The molecule has 3 rings (SSSR count). The third-order valence-electron chi connectivity index (χ3n) is 4.90. The Labute approximate surface area is 196 Å². The van der Waals surface area contributed by atoms with Gasteiger partial charge >= 0.3 is 0 Å². The van der Waals surface area contributed by atoms with Crippen molar-refractivity contribution in [2.45, 2.75) is 32.7 Å². The maximum Gasteiger partial charge on any atom is 0.279 e. The van der Waals surface area contributed by atoms with Crippen LogP contribution in [0.15, 0.2) is 60.7 Å². The van der Waals surface area contributed by atoms with Gasteiger partial charge in [-0.1, -0.05) is 61.0 Å². The number of amides is 3. The molecule has 1 aromatic heterocycles. The Kier molecular flexibility index (Phi) is 8.03. The van der Waals surface area contributed by atoms with Crippen molar-refractivity contribution in [1.29, 1.82) is 0 Å². The molecule has 1 unspecified atom stereocenters. The average molecular weight is 470 g/mol. The van der Waals surface area contributed by atoms with Crippen LogP contribution in [0, 0.1) is 6.92 Å². The molecular formula is C24H24ClN3O3S. The summed E-state index contributed by atoms with van der Waals surface area (Å²) in [6.45, 7) is 3.99. The first-order chi connectivity index (χ1) is 15.4. The molecule has 0 aliphatic carbocycles. The third-order valence-corrected chi connectivity index (χ3v) is 6.61. The van der Waals surface area contributed by atoms with E-state index in [-0.39, 0.29) is 18.2 Å². The van der Waals surface area contributed by atoms with E-state index in [1.165, 1.54) is 11.3 Å². The number of carbonyl (C=O) groups excluding carboxylic acids is 3. The molecule has 0 fully saturated rings. The van der Waals surface area contributed by atoms with Crippen molar-refractivity contribution in [2.75, 3.05) is 0 Å². The largest absolute Gasteiger partial charge is 0.345 e. The highest BCUT2D eigenvalue weighted by Crippen LogP contribution is 2.22. The van der Waals surface area contributed by atoms with Gasteiger partial charge in [-0.25, -0.2) is 0 Å². The maximum atomic E-state index is 12.7. The number of thiophene rings is 1. The van der Waals surface area contributed by atoms with Crippen molar-refractivity contribution >= 4 is 40.7 Å². The Morgan fingerprint density at radius 2 is 1.66 bits per heavy atom. The first-order valence-electron chi connectivity index (χ1n) is 10.2. The van der Waals surface area contributed by atoms with Gasteiger partial charge in [-0.2, -0.15) is 0 Å². The standard InChI is InChI=1S/C24H24ClN3O3S/c1-3-20-15(2)13-21(32-20)24(31)28-27-22(29)14-19(16-9-5-4-6-10-16)26-23(30)17-11-7-8-12-18(17)25/h4-13,19H,3,14H2,1-2H3,(H,26,30)(H,27,29)(H,28,31). The van der Waals surface area contributed by atoms with Gasteiger partial charge in [0, 0.05) is 4.88 Å². The van der Waals surface area contributed by atoms with E-state index in [9.17, 15) is 14.4 Å². The van der Waals surface area contributed by atoms with Crippen LogP contribution in [0.4, 0.5) is 0 Å². The zero-order chi connectivity index (χ0) is 23.1. The molecule has 2 aromatic carbocycles. The first kappa shape index (κ1) is 23.5. The van der Waals surface area contributed by atoms with Gasteiger partial charge in [0.15, 0.2) is 0 Å². The summed E-state index contributed by atoms with van der Waals surface area (Å²) < 4.78 is 0. The Bertz CT molecular complexity index is 1110. The monoisotopic (exact) mass is 469 g/mol. The lowest BCUT2D eigenvalue weighted by atomic mass is 10.0. The molecule has 3 amide bonds. The minimum Gasteiger partial charge on any atom is -0.345 e. The molecule has 0 saturated carbocycles. The van der Waals surface area contributed by atoms with Crippen LogP contribution in [0.25, 0.3) is 0 Å². The predicted octanol–water partition coefficient (Wildman–Crippen LogP) is 4.59. The molecule has 0 saturated heterocycles. The molecular weight excluding hydrogens is 446 g/mol. The lowest BCUT2D eigenvalue weighted by molar-refractivity contribution is -0.122. The molecule has 1 atom stereocenters. The van der Waals surface area contributed by atoms with Gasteiger partial charge in [0.05, 0.1) is 27.9 Å². The normalized spacial score (nSPS) is 11.5. The van der Waals surface area contributed by atoms with Gasteiger partial charge in [0.25, 0.3) is 11.8 Å². The fourth-order valence-corrected chi connectivity index (χ4v) is 4.46. The zero-order valence-corrected chi connectivity index (χ0v) is 19.3. The number of rotatable bonds is 7. The van der Waals surface area contributed by atoms with Crippen molar-refractivity contribution < 1.29 is 14.4 Å². The number of benzene rings is 2. The predicted molar refractivity (Wildman–Crippen MR) is 127 cm³/mol. The summed E-state index contributed by atoms with van der Waals surface area (Å²) in [6.07, 6.45) is 0.782. The Morgan fingerprint density at radius 1 is 0.969 bits per heavy atom. The second-order valence-electron chi connectivity index (χ2n) is 7.19. The maximum absolute atomic E-state index is 12.7. The smallest absolute Gasteiger partial charge is 0.279 e. The number of hydrogen-bond donors (Lipinski definition) is 3. The van der Waals surface area contributed by atoms with E-state index in [4.69, 9.17) is 11.6 Å². The first-order valence-corrected chi connectivity index (χ1v) is 11.4. The number of aryl methyl sites for hydroxylation is 2. The van der Waals surface area contributed by atoms with E-state index in [1.54, 1.807) is 24.3 Å². The Morgan fingerprint density at radius 3 is 2.31 bits per heavy atom. The van der Waals surface area contributed by atoms with E-state index in [0.29, 0.717) is 15.5 Å². The van der Waals surface area contributed by atoms with E-state index in [0.717, 1.165) is 22.4 Å². The summed E-state index contributed by atoms with van der Waals surface area (Å²) in [7, 11) is 0. The summed E-state index contributed by atoms with van der Waals surface area (Å²) >= 11 is 7.54. The van der Waals surface area contributed by atoms with Crippen LogP contribution >= 0.6 is 22.9 Å². The zero-order valence-electron chi connectivity index (χ0n) is 17.8. The Balaban J connectivity index is 1.66. The third kappa shape index (κ3) is 5.96. The average Bonchev–Trinajstić information content (AvgIpc) is 3.18. The summed E-state index contributed by atoms with van der Waals surface area (Å²) in [6, 6.07) is 17.1.